The largest absolute Gasteiger partial charge is 0.497 e. The Bertz CT molecular complexity index is 1260. The summed E-state index contributed by atoms with van der Waals surface area (Å²) in [5, 5.41) is 0.662. The quantitative estimate of drug-likeness (QED) is 0.608. The van der Waals surface area contributed by atoms with Gasteiger partial charge in [-0.25, -0.2) is 4.79 Å². The number of carbonyl (C=O) groups is 1. The minimum atomic E-state index is -0.888. The fourth-order valence-corrected chi connectivity index (χ4v) is 3.85. The van der Waals surface area contributed by atoms with Crippen molar-refractivity contribution in [3.8, 4) is 17.2 Å². The van der Waals surface area contributed by atoms with Crippen LogP contribution in [-0.2, 0) is 9.53 Å². The summed E-state index contributed by atoms with van der Waals surface area (Å²) >= 11 is 0. The van der Waals surface area contributed by atoms with Crippen LogP contribution >= 0.6 is 0 Å². The predicted molar refractivity (Wildman–Crippen MR) is 114 cm³/mol. The molecule has 0 bridgehead atoms. The number of hydrogen-bond donors (Lipinski definition) is 2. The molecular formula is C23H22N2O6. The normalized spacial score (nSPS) is 15.3. The van der Waals surface area contributed by atoms with E-state index in [-0.39, 0.29) is 23.6 Å². The number of pyridine rings is 1. The number of nitrogens with one attached hydrogen (secondary N) is 1. The number of rotatable bonds is 5. The van der Waals surface area contributed by atoms with Gasteiger partial charge in [0.15, 0.2) is 0 Å². The van der Waals surface area contributed by atoms with E-state index in [4.69, 9.17) is 24.7 Å². The lowest BCUT2D eigenvalue weighted by Gasteiger charge is -2.29. The van der Waals surface area contributed by atoms with E-state index >= 15 is 0 Å². The van der Waals surface area contributed by atoms with E-state index in [1.165, 1.54) is 14.2 Å². The maximum atomic E-state index is 13.2. The first-order chi connectivity index (χ1) is 15.0. The summed E-state index contributed by atoms with van der Waals surface area (Å²) in [7, 11) is 3.04. The summed E-state index contributed by atoms with van der Waals surface area (Å²) in [5.74, 6) is -0.408. The van der Waals surface area contributed by atoms with Gasteiger partial charge in [0.05, 0.1) is 37.8 Å². The summed E-state index contributed by atoms with van der Waals surface area (Å²) in [5.41, 5.74) is 7.21. The van der Waals surface area contributed by atoms with Crippen LogP contribution in [0.4, 0.5) is 0 Å². The van der Waals surface area contributed by atoms with Crippen LogP contribution in [0.15, 0.2) is 58.7 Å². The smallest absolute Gasteiger partial charge is 0.340 e. The van der Waals surface area contributed by atoms with Crippen LogP contribution in [0.25, 0.3) is 10.9 Å². The summed E-state index contributed by atoms with van der Waals surface area (Å²) in [4.78, 5) is 29.0. The van der Waals surface area contributed by atoms with Gasteiger partial charge in [0.25, 0.3) is 5.56 Å². The molecule has 31 heavy (non-hydrogen) atoms. The molecule has 3 aromatic rings. The second-order valence-corrected chi connectivity index (χ2v) is 6.88. The van der Waals surface area contributed by atoms with Crippen molar-refractivity contribution in [1.82, 2.24) is 4.98 Å². The highest BCUT2D eigenvalue weighted by molar-refractivity contribution is 5.95. The maximum absolute atomic E-state index is 13.2. The fraction of sp³-hybridized carbons (Fsp3) is 0.217. The maximum Gasteiger partial charge on any atom is 0.340 e. The zero-order chi connectivity index (χ0) is 22.1. The Morgan fingerprint density at radius 1 is 1.16 bits per heavy atom. The monoisotopic (exact) mass is 422 g/mol. The highest BCUT2D eigenvalue weighted by Gasteiger charge is 2.40. The molecule has 8 heteroatoms. The molecule has 2 heterocycles. The topological polar surface area (TPSA) is 113 Å². The Morgan fingerprint density at radius 2 is 1.94 bits per heavy atom. The first kappa shape index (κ1) is 20.3. The van der Waals surface area contributed by atoms with Crippen molar-refractivity contribution < 1.29 is 23.7 Å². The summed E-state index contributed by atoms with van der Waals surface area (Å²) in [6.45, 7) is 1.83. The van der Waals surface area contributed by atoms with Crippen LogP contribution < -0.4 is 25.5 Å². The van der Waals surface area contributed by atoms with Gasteiger partial charge in [-0.05, 0) is 37.3 Å². The van der Waals surface area contributed by atoms with Gasteiger partial charge in [-0.2, -0.15) is 0 Å². The van der Waals surface area contributed by atoms with Gasteiger partial charge in [-0.3, -0.25) is 4.79 Å². The number of H-pyrrole nitrogens is 1. The molecule has 0 radical (unpaired) electrons. The van der Waals surface area contributed by atoms with Gasteiger partial charge < -0.3 is 29.7 Å². The van der Waals surface area contributed by atoms with Crippen molar-refractivity contribution in [3.05, 3.63) is 75.4 Å². The number of esters is 1. The summed E-state index contributed by atoms with van der Waals surface area (Å²) in [6.07, 6.45) is 0. The number of hydrogen-bond acceptors (Lipinski definition) is 7. The molecule has 0 unspecified atom stereocenters. The Labute approximate surface area is 178 Å². The van der Waals surface area contributed by atoms with Crippen LogP contribution in [-0.4, -0.2) is 31.8 Å². The number of benzene rings is 2. The number of nitrogens with two attached hydrogens (primary N) is 1. The van der Waals surface area contributed by atoms with Gasteiger partial charge in [-0.1, -0.05) is 12.1 Å². The molecule has 0 saturated heterocycles. The first-order valence-corrected chi connectivity index (χ1v) is 9.71. The lowest BCUT2D eigenvalue weighted by molar-refractivity contribution is -0.139. The van der Waals surface area contributed by atoms with Crippen molar-refractivity contribution in [2.24, 2.45) is 5.73 Å². The minimum Gasteiger partial charge on any atom is -0.497 e. The zero-order valence-electron chi connectivity index (χ0n) is 17.4. The first-order valence-electron chi connectivity index (χ1n) is 9.71. The van der Waals surface area contributed by atoms with E-state index in [1.807, 2.05) is 12.1 Å². The molecule has 1 atom stereocenters. The Balaban J connectivity index is 2.09. The zero-order valence-corrected chi connectivity index (χ0v) is 17.4. The van der Waals surface area contributed by atoms with Crippen molar-refractivity contribution in [1.29, 1.82) is 0 Å². The van der Waals surface area contributed by atoms with E-state index in [0.29, 0.717) is 33.7 Å². The van der Waals surface area contributed by atoms with Crippen LogP contribution in [0.5, 0.6) is 17.2 Å². The molecular weight excluding hydrogens is 400 g/mol. The number of aromatic amines is 1. The SMILES string of the molecule is CCOC(=O)C1=C(N)Oc2c(c(=O)[nH]c3ccccc23)[C@H]1c1cc(OC)ccc1OC. The lowest BCUT2D eigenvalue weighted by atomic mass is 9.82. The molecule has 4 rings (SSSR count). The average Bonchev–Trinajstić information content (AvgIpc) is 2.78. The third-order valence-corrected chi connectivity index (χ3v) is 5.21. The second kappa shape index (κ2) is 8.06. The highest BCUT2D eigenvalue weighted by Crippen LogP contribution is 2.46. The fourth-order valence-electron chi connectivity index (χ4n) is 3.85. The molecule has 0 spiro atoms. The van der Waals surface area contributed by atoms with E-state index in [1.54, 1.807) is 37.3 Å². The van der Waals surface area contributed by atoms with Crippen LogP contribution in [0.2, 0.25) is 0 Å². The van der Waals surface area contributed by atoms with E-state index in [2.05, 4.69) is 4.98 Å². The van der Waals surface area contributed by atoms with Crippen molar-refractivity contribution in [3.63, 3.8) is 0 Å². The molecule has 8 nitrogen and oxygen atoms in total. The molecule has 1 aliphatic rings. The third kappa shape index (κ3) is 3.35. The molecule has 0 fully saturated rings. The molecule has 2 aromatic carbocycles. The van der Waals surface area contributed by atoms with E-state index in [0.717, 1.165) is 0 Å². The van der Waals surface area contributed by atoms with Gasteiger partial charge in [0, 0.05) is 10.9 Å². The molecule has 160 valence electrons. The van der Waals surface area contributed by atoms with Crippen molar-refractivity contribution in [2.75, 3.05) is 20.8 Å². The molecule has 3 N–H and O–H groups in total. The molecule has 1 aliphatic heterocycles. The van der Waals surface area contributed by atoms with Gasteiger partial charge in [0.1, 0.15) is 22.8 Å². The van der Waals surface area contributed by atoms with Gasteiger partial charge in [-0.15, -0.1) is 0 Å². The number of para-hydroxylation sites is 1. The van der Waals surface area contributed by atoms with Crippen LogP contribution in [0.3, 0.4) is 0 Å². The summed E-state index contributed by atoms with van der Waals surface area (Å²) < 4.78 is 22.0. The number of aromatic nitrogens is 1. The number of fused-ring (bicyclic) bond motifs is 3. The van der Waals surface area contributed by atoms with Gasteiger partial charge >= 0.3 is 5.97 Å². The standard InChI is InChI=1S/C23H22N2O6/c1-4-30-23(27)19-17(14-11-12(28-2)9-10-16(14)29-3)18-20(31-21(19)24)13-7-5-6-8-15(13)25-22(18)26/h5-11,17H,4,24H2,1-3H3,(H,25,26)/t17-/m1/s1. The molecule has 0 aliphatic carbocycles. The molecule has 0 amide bonds. The van der Waals surface area contributed by atoms with Crippen molar-refractivity contribution >= 4 is 16.9 Å². The molecule has 0 saturated carbocycles. The average molecular weight is 422 g/mol. The Kier molecular flexibility index (Phi) is 5.29. The lowest BCUT2D eigenvalue weighted by Crippen LogP contribution is -2.32. The third-order valence-electron chi connectivity index (χ3n) is 5.21. The Hall–Kier alpha value is -3.94. The number of ether oxygens (including phenoxy) is 4. The number of carbonyl (C=O) groups excluding carboxylic acids is 1. The highest BCUT2D eigenvalue weighted by atomic mass is 16.5. The summed E-state index contributed by atoms with van der Waals surface area (Å²) in [6, 6.07) is 12.3. The Morgan fingerprint density at radius 3 is 2.65 bits per heavy atom. The predicted octanol–water partition coefficient (Wildman–Crippen LogP) is 2.80. The van der Waals surface area contributed by atoms with Crippen LogP contribution in [0.1, 0.15) is 24.0 Å². The van der Waals surface area contributed by atoms with Crippen LogP contribution in [0, 0.1) is 0 Å². The van der Waals surface area contributed by atoms with Crippen molar-refractivity contribution in [2.45, 2.75) is 12.8 Å². The van der Waals surface area contributed by atoms with E-state index in [9.17, 15) is 9.59 Å². The van der Waals surface area contributed by atoms with E-state index < -0.39 is 17.4 Å². The second-order valence-electron chi connectivity index (χ2n) is 6.88. The molecule has 1 aromatic heterocycles. The van der Waals surface area contributed by atoms with Gasteiger partial charge in [0.2, 0.25) is 5.88 Å². The minimum absolute atomic E-state index is 0.0293. The number of methoxy groups -OCH3 is 2.